The fraction of sp³-hybridized carbons (Fsp3) is 0.917. The number of carboxylic acid groups (broad SMARTS) is 1. The molecule has 1 N–H and O–H groups in total. The van der Waals surface area contributed by atoms with Crippen molar-refractivity contribution < 1.29 is 14.7 Å². The number of aliphatic carboxylic acids is 1. The summed E-state index contributed by atoms with van der Waals surface area (Å²) in [5.41, 5.74) is 0. The van der Waals surface area contributed by atoms with Crippen molar-refractivity contribution in [1.82, 2.24) is 0 Å². The highest BCUT2D eigenvalue weighted by atomic mass is 16.4. The third-order valence-electron chi connectivity index (χ3n) is 5.89. The van der Waals surface area contributed by atoms with Crippen LogP contribution in [-0.2, 0) is 9.59 Å². The molecule has 3 heteroatoms. The lowest BCUT2D eigenvalue weighted by Gasteiger charge is -2.17. The van der Waals surface area contributed by atoms with Gasteiger partial charge in [-0.25, -0.2) is 0 Å². The van der Waals surface area contributed by atoms with Gasteiger partial charge in [0.2, 0.25) is 0 Å². The summed E-state index contributed by atoms with van der Waals surface area (Å²) in [5.74, 6) is -1.04. The van der Waals surface area contributed by atoms with Crippen LogP contribution in [0, 0.1) is 11.8 Å². The third kappa shape index (κ3) is 15.9. The zero-order chi connectivity index (χ0) is 20.3. The predicted molar refractivity (Wildman–Crippen MR) is 115 cm³/mol. The number of carbonyl (C=O) groups is 2. The first-order chi connectivity index (χ1) is 13.0. The molecular weight excluding hydrogens is 336 g/mol. The topological polar surface area (TPSA) is 54.4 Å². The van der Waals surface area contributed by atoms with Gasteiger partial charge in [0, 0.05) is 5.92 Å². The molecule has 0 aliphatic carbocycles. The number of hydrogen-bond donors (Lipinski definition) is 1. The molecule has 2 atom stereocenters. The van der Waals surface area contributed by atoms with Crippen molar-refractivity contribution in [2.75, 3.05) is 0 Å². The van der Waals surface area contributed by atoms with Gasteiger partial charge in [-0.3, -0.25) is 9.59 Å². The lowest BCUT2D eigenvalue weighted by atomic mass is 9.86. The molecule has 3 nitrogen and oxygen atoms in total. The molecule has 160 valence electrons. The lowest BCUT2D eigenvalue weighted by molar-refractivity contribution is -0.142. The monoisotopic (exact) mass is 382 g/mol. The van der Waals surface area contributed by atoms with Gasteiger partial charge < -0.3 is 5.11 Å². The molecule has 0 rings (SSSR count). The second-order valence-corrected chi connectivity index (χ2v) is 8.37. The van der Waals surface area contributed by atoms with E-state index in [9.17, 15) is 14.7 Å². The fourth-order valence-corrected chi connectivity index (χ4v) is 3.86. The molecule has 0 aromatic carbocycles. The Balaban J connectivity index is 3.55. The minimum Gasteiger partial charge on any atom is -0.481 e. The third-order valence-corrected chi connectivity index (χ3v) is 5.89. The summed E-state index contributed by atoms with van der Waals surface area (Å²) in [6, 6.07) is 0. The molecule has 0 fully saturated rings. The van der Waals surface area contributed by atoms with Gasteiger partial charge in [0.1, 0.15) is 5.78 Å². The molecule has 0 amide bonds. The zero-order valence-electron chi connectivity index (χ0n) is 18.4. The Morgan fingerprint density at radius 2 is 1.07 bits per heavy atom. The summed E-state index contributed by atoms with van der Waals surface area (Å²) >= 11 is 0. The maximum atomic E-state index is 11.8. The zero-order valence-corrected chi connectivity index (χ0v) is 18.4. The summed E-state index contributed by atoms with van der Waals surface area (Å²) < 4.78 is 0. The fourth-order valence-electron chi connectivity index (χ4n) is 3.86. The van der Waals surface area contributed by atoms with E-state index in [0.717, 1.165) is 12.8 Å². The van der Waals surface area contributed by atoms with E-state index in [-0.39, 0.29) is 17.6 Å². The average Bonchev–Trinajstić information content (AvgIpc) is 2.63. The highest BCUT2D eigenvalue weighted by molar-refractivity contribution is 5.79. The lowest BCUT2D eigenvalue weighted by Crippen LogP contribution is -2.21. The highest BCUT2D eigenvalue weighted by Crippen LogP contribution is 2.23. The standard InChI is InChI=1S/C24H46O3/c1-4-6-7-8-9-10-11-12-13-14-15-16-17-18-19-23(21(3)25)20-22(5-2)24(26)27/h22-23H,4-20H2,1-3H3,(H,26,27). The van der Waals surface area contributed by atoms with E-state index >= 15 is 0 Å². The molecule has 0 aliphatic rings. The second kappa shape index (κ2) is 18.5. The molecular formula is C24H46O3. The second-order valence-electron chi connectivity index (χ2n) is 8.37. The van der Waals surface area contributed by atoms with E-state index in [1.807, 2.05) is 6.92 Å². The van der Waals surface area contributed by atoms with E-state index in [1.165, 1.54) is 83.5 Å². The van der Waals surface area contributed by atoms with Crippen molar-refractivity contribution in [3.63, 3.8) is 0 Å². The molecule has 27 heavy (non-hydrogen) atoms. The summed E-state index contributed by atoms with van der Waals surface area (Å²) in [6.07, 6.45) is 20.6. The van der Waals surface area contributed by atoms with Crippen LogP contribution >= 0.6 is 0 Å². The Morgan fingerprint density at radius 3 is 1.41 bits per heavy atom. The molecule has 0 saturated heterocycles. The number of unbranched alkanes of at least 4 members (excludes halogenated alkanes) is 13. The first-order valence-electron chi connectivity index (χ1n) is 11.8. The quantitative estimate of drug-likeness (QED) is 0.221. The molecule has 0 radical (unpaired) electrons. The Labute approximate surface area is 168 Å². The Morgan fingerprint density at radius 1 is 0.667 bits per heavy atom. The van der Waals surface area contributed by atoms with Gasteiger partial charge in [0.25, 0.3) is 0 Å². The van der Waals surface area contributed by atoms with Gasteiger partial charge in [-0.1, -0.05) is 104 Å². The normalized spacial score (nSPS) is 13.4. The van der Waals surface area contributed by atoms with Crippen LogP contribution in [0.5, 0.6) is 0 Å². The predicted octanol–water partition coefficient (Wildman–Crippen LogP) is 7.56. The van der Waals surface area contributed by atoms with Crippen molar-refractivity contribution in [2.24, 2.45) is 11.8 Å². The maximum absolute atomic E-state index is 11.8. The summed E-state index contributed by atoms with van der Waals surface area (Å²) in [7, 11) is 0. The number of carbonyl (C=O) groups excluding carboxylic acids is 1. The maximum Gasteiger partial charge on any atom is 0.306 e. The van der Waals surface area contributed by atoms with E-state index in [1.54, 1.807) is 6.92 Å². The molecule has 0 aromatic rings. The summed E-state index contributed by atoms with van der Waals surface area (Å²) in [6.45, 7) is 5.77. The first kappa shape index (κ1) is 26.1. The molecule has 0 heterocycles. The minimum atomic E-state index is -0.760. The highest BCUT2D eigenvalue weighted by Gasteiger charge is 2.23. The molecule has 2 unspecified atom stereocenters. The minimum absolute atomic E-state index is 0.0663. The SMILES string of the molecule is CCCCCCCCCCCCCCCCC(CC(CC)C(=O)O)C(C)=O. The molecule has 0 spiro atoms. The molecule has 0 aliphatic heterocycles. The number of ketones is 1. The van der Waals surface area contributed by atoms with Gasteiger partial charge in [-0.2, -0.15) is 0 Å². The summed E-state index contributed by atoms with van der Waals surface area (Å²) in [5, 5.41) is 9.19. The smallest absolute Gasteiger partial charge is 0.306 e. The Bertz CT molecular complexity index is 365. The van der Waals surface area contributed by atoms with Crippen LogP contribution in [0.15, 0.2) is 0 Å². The molecule has 0 bridgehead atoms. The van der Waals surface area contributed by atoms with Crippen LogP contribution in [0.25, 0.3) is 0 Å². The van der Waals surface area contributed by atoms with Gasteiger partial charge >= 0.3 is 5.97 Å². The van der Waals surface area contributed by atoms with E-state index in [2.05, 4.69) is 6.92 Å². The molecule has 0 saturated carbocycles. The number of rotatable bonds is 20. The average molecular weight is 383 g/mol. The van der Waals surface area contributed by atoms with Crippen LogP contribution in [0.4, 0.5) is 0 Å². The Hall–Kier alpha value is -0.860. The van der Waals surface area contributed by atoms with Gasteiger partial charge in [-0.15, -0.1) is 0 Å². The van der Waals surface area contributed by atoms with Crippen molar-refractivity contribution in [3.8, 4) is 0 Å². The van der Waals surface area contributed by atoms with E-state index < -0.39 is 5.97 Å². The number of hydrogen-bond acceptors (Lipinski definition) is 2. The van der Waals surface area contributed by atoms with E-state index in [4.69, 9.17) is 0 Å². The van der Waals surface area contributed by atoms with Gasteiger partial charge in [-0.05, 0) is 26.2 Å². The first-order valence-corrected chi connectivity index (χ1v) is 11.8. The van der Waals surface area contributed by atoms with Crippen LogP contribution in [0.1, 0.15) is 130 Å². The largest absolute Gasteiger partial charge is 0.481 e. The van der Waals surface area contributed by atoms with Crippen molar-refractivity contribution in [1.29, 1.82) is 0 Å². The Kier molecular flexibility index (Phi) is 17.9. The van der Waals surface area contributed by atoms with Crippen LogP contribution in [-0.4, -0.2) is 16.9 Å². The van der Waals surface area contributed by atoms with Crippen molar-refractivity contribution >= 4 is 11.8 Å². The van der Waals surface area contributed by atoms with Crippen molar-refractivity contribution in [3.05, 3.63) is 0 Å². The van der Waals surface area contributed by atoms with Crippen LogP contribution in [0.2, 0.25) is 0 Å². The van der Waals surface area contributed by atoms with Crippen LogP contribution < -0.4 is 0 Å². The number of carboxylic acids is 1. The molecule has 0 aromatic heterocycles. The van der Waals surface area contributed by atoms with Gasteiger partial charge in [0.15, 0.2) is 0 Å². The summed E-state index contributed by atoms with van der Waals surface area (Å²) in [4.78, 5) is 23.0. The number of Topliss-reactive ketones (excluding diaryl/α,β-unsaturated/α-hetero) is 1. The van der Waals surface area contributed by atoms with Crippen LogP contribution in [0.3, 0.4) is 0 Å². The van der Waals surface area contributed by atoms with Gasteiger partial charge in [0.05, 0.1) is 5.92 Å². The van der Waals surface area contributed by atoms with Crippen molar-refractivity contribution in [2.45, 2.75) is 130 Å². The van der Waals surface area contributed by atoms with E-state index in [0.29, 0.717) is 12.8 Å².